The Kier molecular flexibility index (Phi) is 6.23. The first kappa shape index (κ1) is 22.0. The maximum Gasteiger partial charge on any atom is 0.307 e. The second-order valence-corrected chi connectivity index (χ2v) is 8.17. The van der Waals surface area contributed by atoms with Crippen LogP contribution in [0.5, 0.6) is 0 Å². The van der Waals surface area contributed by atoms with E-state index >= 15 is 0 Å². The number of ether oxygens (including phenoxy) is 1. The average molecular weight is 453 g/mol. The summed E-state index contributed by atoms with van der Waals surface area (Å²) in [6, 6.07) is 14.0. The maximum atomic E-state index is 13.9. The quantitative estimate of drug-likeness (QED) is 0.448. The largest absolute Gasteiger partial charge is 0.469 e. The van der Waals surface area contributed by atoms with Crippen molar-refractivity contribution in [2.24, 2.45) is 0 Å². The van der Waals surface area contributed by atoms with Gasteiger partial charge in [-0.2, -0.15) is 0 Å². The van der Waals surface area contributed by atoms with Crippen molar-refractivity contribution < 1.29 is 13.9 Å². The predicted molar refractivity (Wildman–Crippen MR) is 124 cm³/mol. The molecule has 1 fully saturated rings. The fraction of sp³-hybridized carbons (Fsp3) is 0.292. The van der Waals surface area contributed by atoms with Gasteiger partial charge in [0.25, 0.3) is 0 Å². The van der Waals surface area contributed by atoms with Gasteiger partial charge in [0.05, 0.1) is 31.3 Å². The van der Waals surface area contributed by atoms with Crippen LogP contribution in [0.25, 0.3) is 5.69 Å². The van der Waals surface area contributed by atoms with E-state index in [1.54, 1.807) is 12.3 Å². The van der Waals surface area contributed by atoms with E-state index in [2.05, 4.69) is 16.4 Å². The number of thiocarbonyl (C=S) groups is 1. The smallest absolute Gasteiger partial charge is 0.307 e. The van der Waals surface area contributed by atoms with E-state index in [-0.39, 0.29) is 30.3 Å². The summed E-state index contributed by atoms with van der Waals surface area (Å²) in [6.07, 6.45) is 1.97. The molecule has 2 atom stereocenters. The van der Waals surface area contributed by atoms with Crippen molar-refractivity contribution in [3.8, 4) is 5.69 Å². The Hall–Kier alpha value is -3.26. The molecule has 0 spiro atoms. The van der Waals surface area contributed by atoms with Crippen LogP contribution < -0.4 is 5.32 Å². The number of aromatic nitrogens is 2. The van der Waals surface area contributed by atoms with Crippen LogP contribution in [0.15, 0.2) is 54.7 Å². The molecule has 1 saturated heterocycles. The number of esters is 1. The minimum Gasteiger partial charge on any atom is -0.469 e. The standard InChI is InChI=1S/C24H25FN4O2S/c1-15-13-19(16(2)29(15)18-8-6-7-17(25)14-18)23-22(20-9-4-5-11-26-20)27-24(32)28(23)12-10-21(30)31-3/h4-9,11,13-14,22-23H,10,12H2,1-3H3,(H,27,32)/t22-,23-/m1/s1. The zero-order valence-corrected chi connectivity index (χ0v) is 19.0. The van der Waals surface area contributed by atoms with Gasteiger partial charge < -0.3 is 19.5 Å². The average Bonchev–Trinajstić information content (AvgIpc) is 3.27. The molecule has 4 rings (SSSR count). The number of hydrogen-bond acceptors (Lipinski definition) is 4. The summed E-state index contributed by atoms with van der Waals surface area (Å²) in [5, 5.41) is 3.95. The van der Waals surface area contributed by atoms with Gasteiger partial charge in [-0.3, -0.25) is 9.78 Å². The second-order valence-electron chi connectivity index (χ2n) is 7.79. The van der Waals surface area contributed by atoms with Gasteiger partial charge in [-0.05, 0) is 68.0 Å². The molecule has 0 unspecified atom stereocenters. The molecule has 3 heterocycles. The number of nitrogens with zero attached hydrogens (tertiary/aromatic N) is 3. The van der Waals surface area contributed by atoms with Crippen molar-refractivity contribution in [2.45, 2.75) is 32.4 Å². The lowest BCUT2D eigenvalue weighted by molar-refractivity contribution is -0.140. The highest BCUT2D eigenvalue weighted by Crippen LogP contribution is 2.41. The number of benzene rings is 1. The molecular weight excluding hydrogens is 427 g/mol. The lowest BCUT2D eigenvalue weighted by Crippen LogP contribution is -2.32. The lowest BCUT2D eigenvalue weighted by atomic mass is 9.96. The summed E-state index contributed by atoms with van der Waals surface area (Å²) in [4.78, 5) is 18.4. The van der Waals surface area contributed by atoms with Gasteiger partial charge in [-0.15, -0.1) is 0 Å². The van der Waals surface area contributed by atoms with Crippen molar-refractivity contribution in [2.75, 3.05) is 13.7 Å². The Morgan fingerprint density at radius 2 is 2.03 bits per heavy atom. The van der Waals surface area contributed by atoms with Crippen LogP contribution >= 0.6 is 12.2 Å². The van der Waals surface area contributed by atoms with E-state index in [0.717, 1.165) is 28.3 Å². The Labute approximate surface area is 192 Å². The van der Waals surface area contributed by atoms with Gasteiger partial charge in [0.2, 0.25) is 0 Å². The number of nitrogens with one attached hydrogen (secondary N) is 1. The number of carbonyl (C=O) groups excluding carboxylic acids is 1. The first-order valence-corrected chi connectivity index (χ1v) is 10.8. The molecule has 8 heteroatoms. The Balaban J connectivity index is 1.80. The van der Waals surface area contributed by atoms with Gasteiger partial charge in [0.1, 0.15) is 5.82 Å². The summed E-state index contributed by atoms with van der Waals surface area (Å²) in [6.45, 7) is 4.43. The maximum absolute atomic E-state index is 13.9. The zero-order valence-electron chi connectivity index (χ0n) is 18.2. The predicted octanol–water partition coefficient (Wildman–Crippen LogP) is 4.16. The monoisotopic (exact) mass is 452 g/mol. The highest BCUT2D eigenvalue weighted by atomic mass is 32.1. The van der Waals surface area contributed by atoms with E-state index < -0.39 is 0 Å². The van der Waals surface area contributed by atoms with E-state index in [0.29, 0.717) is 11.7 Å². The molecule has 0 radical (unpaired) electrons. The molecule has 0 bridgehead atoms. The molecule has 166 valence electrons. The summed E-state index contributed by atoms with van der Waals surface area (Å²) < 4.78 is 20.8. The van der Waals surface area contributed by atoms with E-state index in [1.807, 2.05) is 47.6 Å². The van der Waals surface area contributed by atoms with Gasteiger partial charge >= 0.3 is 5.97 Å². The third kappa shape index (κ3) is 4.10. The molecule has 2 aromatic heterocycles. The highest BCUT2D eigenvalue weighted by molar-refractivity contribution is 7.80. The molecule has 0 saturated carbocycles. The highest BCUT2D eigenvalue weighted by Gasteiger charge is 2.41. The van der Waals surface area contributed by atoms with Crippen molar-refractivity contribution in [3.05, 3.63) is 83.2 Å². The Morgan fingerprint density at radius 3 is 2.72 bits per heavy atom. The molecular formula is C24H25FN4O2S. The van der Waals surface area contributed by atoms with Crippen LogP contribution in [0.1, 0.15) is 41.1 Å². The molecule has 1 N–H and O–H groups in total. The molecule has 1 aliphatic rings. The number of aryl methyl sites for hydroxylation is 1. The Morgan fingerprint density at radius 1 is 1.22 bits per heavy atom. The first-order chi connectivity index (χ1) is 15.4. The number of pyridine rings is 1. The van der Waals surface area contributed by atoms with Gasteiger partial charge in [-0.1, -0.05) is 12.1 Å². The van der Waals surface area contributed by atoms with Crippen LogP contribution in [0.4, 0.5) is 4.39 Å². The molecule has 1 aromatic carbocycles. The number of carbonyl (C=O) groups is 1. The minimum atomic E-state index is -0.293. The van der Waals surface area contributed by atoms with Crippen molar-refractivity contribution in [1.82, 2.24) is 19.8 Å². The van der Waals surface area contributed by atoms with Crippen LogP contribution in [-0.2, 0) is 9.53 Å². The van der Waals surface area contributed by atoms with Crippen molar-refractivity contribution in [3.63, 3.8) is 0 Å². The summed E-state index contributed by atoms with van der Waals surface area (Å²) in [5.41, 5.74) is 4.62. The molecule has 0 amide bonds. The van der Waals surface area contributed by atoms with Gasteiger partial charge in [0, 0.05) is 29.8 Å². The fourth-order valence-electron chi connectivity index (χ4n) is 4.40. The third-order valence-electron chi connectivity index (χ3n) is 5.84. The van der Waals surface area contributed by atoms with Crippen LogP contribution in [0.2, 0.25) is 0 Å². The van der Waals surface area contributed by atoms with E-state index in [1.165, 1.54) is 19.2 Å². The molecule has 32 heavy (non-hydrogen) atoms. The zero-order chi connectivity index (χ0) is 22.8. The molecule has 3 aromatic rings. The van der Waals surface area contributed by atoms with E-state index in [4.69, 9.17) is 17.0 Å². The summed E-state index contributed by atoms with van der Waals surface area (Å²) >= 11 is 5.65. The third-order valence-corrected chi connectivity index (χ3v) is 6.19. The number of methoxy groups -OCH3 is 1. The Bertz CT molecular complexity index is 1150. The normalized spacial score (nSPS) is 18.0. The van der Waals surface area contributed by atoms with Crippen molar-refractivity contribution >= 4 is 23.3 Å². The second kappa shape index (κ2) is 9.08. The van der Waals surface area contributed by atoms with Crippen LogP contribution in [0, 0.1) is 19.7 Å². The summed E-state index contributed by atoms with van der Waals surface area (Å²) in [7, 11) is 1.38. The molecule has 6 nitrogen and oxygen atoms in total. The number of halogens is 1. The van der Waals surface area contributed by atoms with Crippen LogP contribution in [0.3, 0.4) is 0 Å². The minimum absolute atomic E-state index is 0.185. The van der Waals surface area contributed by atoms with Crippen LogP contribution in [-0.4, -0.2) is 39.2 Å². The SMILES string of the molecule is COC(=O)CCN1C(=S)N[C@H](c2ccccn2)[C@H]1c1cc(C)n(-c2cccc(F)c2)c1C. The number of rotatable bonds is 6. The molecule has 0 aliphatic carbocycles. The van der Waals surface area contributed by atoms with Gasteiger partial charge in [0.15, 0.2) is 5.11 Å². The van der Waals surface area contributed by atoms with E-state index in [9.17, 15) is 9.18 Å². The van der Waals surface area contributed by atoms with Gasteiger partial charge in [-0.25, -0.2) is 4.39 Å². The number of hydrogen-bond donors (Lipinski definition) is 1. The lowest BCUT2D eigenvalue weighted by Gasteiger charge is -2.28. The topological polar surface area (TPSA) is 59.4 Å². The summed E-state index contributed by atoms with van der Waals surface area (Å²) in [5.74, 6) is -0.579. The van der Waals surface area contributed by atoms with Crippen molar-refractivity contribution in [1.29, 1.82) is 0 Å². The first-order valence-electron chi connectivity index (χ1n) is 10.4. The fourth-order valence-corrected chi connectivity index (χ4v) is 4.73. The molecule has 1 aliphatic heterocycles.